The van der Waals surface area contributed by atoms with Gasteiger partial charge in [-0.1, -0.05) is 30.3 Å². The summed E-state index contributed by atoms with van der Waals surface area (Å²) in [5.41, 5.74) is -3.15. The Morgan fingerprint density at radius 1 is 1.27 bits per heavy atom. The molecule has 0 aliphatic rings. The van der Waals surface area contributed by atoms with E-state index in [9.17, 15) is 18.0 Å². The van der Waals surface area contributed by atoms with Crippen molar-refractivity contribution < 1.29 is 18.0 Å². The van der Waals surface area contributed by atoms with Gasteiger partial charge < -0.3 is 5.32 Å². The second-order valence-corrected chi connectivity index (χ2v) is 6.48. The summed E-state index contributed by atoms with van der Waals surface area (Å²) < 4.78 is 37.4. The molecular weight excluding hydrogens is 367 g/mol. The van der Waals surface area contributed by atoms with Gasteiger partial charge in [-0.25, -0.2) is 9.78 Å². The van der Waals surface area contributed by atoms with Gasteiger partial charge in [0.1, 0.15) is 10.8 Å². The fourth-order valence-corrected chi connectivity index (χ4v) is 2.90. The van der Waals surface area contributed by atoms with E-state index in [4.69, 9.17) is 0 Å². The van der Waals surface area contributed by atoms with Crippen molar-refractivity contribution in [2.45, 2.75) is 23.5 Å². The Labute approximate surface area is 150 Å². The number of urea groups is 1. The summed E-state index contributed by atoms with van der Waals surface area (Å²) >= 11 is -0.319. The maximum absolute atomic E-state index is 12.5. The van der Waals surface area contributed by atoms with Gasteiger partial charge in [0.05, 0.1) is 16.9 Å². The number of carbonyl (C=O) groups excluding carboxylic acids is 1. The van der Waals surface area contributed by atoms with Crippen molar-refractivity contribution in [3.63, 3.8) is 0 Å². The lowest BCUT2D eigenvalue weighted by molar-refractivity contribution is -0.0329. The van der Waals surface area contributed by atoms with E-state index < -0.39 is 11.5 Å². The fourth-order valence-electron chi connectivity index (χ4n) is 2.32. The van der Waals surface area contributed by atoms with E-state index in [2.05, 4.69) is 25.8 Å². The Kier molecular flexibility index (Phi) is 5.03. The van der Waals surface area contributed by atoms with Gasteiger partial charge in [0.25, 0.3) is 0 Å². The number of carbonyl (C=O) groups is 1. The Morgan fingerprint density at radius 2 is 2.00 bits per heavy atom. The molecule has 0 bridgehead atoms. The van der Waals surface area contributed by atoms with Gasteiger partial charge in [0.2, 0.25) is 0 Å². The van der Waals surface area contributed by atoms with Gasteiger partial charge in [0.15, 0.2) is 0 Å². The Bertz CT molecular complexity index is 913. The second-order valence-electron chi connectivity index (χ2n) is 5.42. The van der Waals surface area contributed by atoms with Crippen molar-refractivity contribution in [1.29, 1.82) is 0 Å². The van der Waals surface area contributed by atoms with Crippen LogP contribution in [0.25, 0.3) is 10.9 Å². The number of rotatable bonds is 4. The van der Waals surface area contributed by atoms with Crippen LogP contribution in [0, 0.1) is 0 Å². The number of nitrogens with zero attached hydrogens (tertiary/aromatic N) is 2. The van der Waals surface area contributed by atoms with Crippen LogP contribution in [-0.4, -0.2) is 26.7 Å². The summed E-state index contributed by atoms with van der Waals surface area (Å²) in [6.45, 7) is 1.83. The highest BCUT2D eigenvalue weighted by Gasteiger charge is 2.31. The maximum Gasteiger partial charge on any atom is 0.447 e. The first kappa shape index (κ1) is 18.1. The molecule has 1 aromatic carbocycles. The highest BCUT2D eigenvalue weighted by molar-refractivity contribution is 8.00. The molecule has 0 fully saturated rings. The van der Waals surface area contributed by atoms with E-state index in [1.165, 1.54) is 12.3 Å². The molecule has 3 rings (SSSR count). The summed E-state index contributed by atoms with van der Waals surface area (Å²) in [6, 6.07) is 10.1. The molecule has 0 radical (unpaired) electrons. The number of fused-ring (bicyclic) bond motifs is 1. The fraction of sp³-hybridized carbons (Fsp3) is 0.188. The molecule has 136 valence electrons. The minimum absolute atomic E-state index is 0.197. The zero-order valence-electron chi connectivity index (χ0n) is 13.5. The molecule has 0 saturated heterocycles. The molecule has 3 aromatic rings. The van der Waals surface area contributed by atoms with Crippen LogP contribution in [0.2, 0.25) is 0 Å². The number of pyridine rings is 1. The average molecular weight is 381 g/mol. The van der Waals surface area contributed by atoms with Crippen molar-refractivity contribution >= 4 is 34.5 Å². The van der Waals surface area contributed by atoms with Crippen LogP contribution in [0.3, 0.4) is 0 Å². The molecule has 0 spiro atoms. The third-order valence-electron chi connectivity index (χ3n) is 3.51. The van der Waals surface area contributed by atoms with Crippen LogP contribution in [0.4, 0.5) is 23.8 Å². The van der Waals surface area contributed by atoms with Gasteiger partial charge in [-0.15, -0.1) is 0 Å². The topological polar surface area (TPSA) is 82.7 Å². The Balaban J connectivity index is 1.68. The highest BCUT2D eigenvalue weighted by Crippen LogP contribution is 2.38. The number of benzene rings is 1. The summed E-state index contributed by atoms with van der Waals surface area (Å²) in [4.78, 5) is 16.1. The second kappa shape index (κ2) is 7.24. The normalized spacial score (nSPS) is 12.8. The number of amides is 2. The van der Waals surface area contributed by atoms with Crippen LogP contribution in [-0.2, 0) is 0 Å². The van der Waals surface area contributed by atoms with E-state index >= 15 is 0 Å². The van der Waals surface area contributed by atoms with E-state index in [0.29, 0.717) is 5.52 Å². The molecule has 2 aromatic heterocycles. The lowest BCUT2D eigenvalue weighted by Crippen LogP contribution is -2.31. The molecule has 0 saturated carbocycles. The lowest BCUT2D eigenvalue weighted by atomic mass is 10.1. The number of aromatic nitrogens is 3. The maximum atomic E-state index is 12.5. The zero-order valence-corrected chi connectivity index (χ0v) is 14.3. The first-order valence-corrected chi connectivity index (χ1v) is 8.36. The van der Waals surface area contributed by atoms with E-state index in [1.54, 1.807) is 0 Å². The number of thioether (sulfide) groups is 1. The van der Waals surface area contributed by atoms with Crippen molar-refractivity contribution in [1.82, 2.24) is 20.5 Å². The van der Waals surface area contributed by atoms with Crippen LogP contribution >= 0.6 is 11.8 Å². The first-order valence-electron chi connectivity index (χ1n) is 7.54. The van der Waals surface area contributed by atoms with Crippen molar-refractivity contribution in [3.05, 3.63) is 48.2 Å². The monoisotopic (exact) mass is 381 g/mol. The summed E-state index contributed by atoms with van der Waals surface area (Å²) in [6.07, 6.45) is 1.24. The Morgan fingerprint density at radius 3 is 2.69 bits per heavy atom. The van der Waals surface area contributed by atoms with Crippen molar-refractivity contribution in [2.75, 3.05) is 5.32 Å². The van der Waals surface area contributed by atoms with Gasteiger partial charge in [-0.05, 0) is 12.5 Å². The Hall–Kier alpha value is -2.75. The number of alkyl halides is 3. The summed E-state index contributed by atoms with van der Waals surface area (Å²) in [7, 11) is 0. The predicted molar refractivity (Wildman–Crippen MR) is 92.8 cm³/mol. The summed E-state index contributed by atoms with van der Waals surface area (Å²) in [5, 5.41) is 11.5. The highest BCUT2D eigenvalue weighted by atomic mass is 32.2. The van der Waals surface area contributed by atoms with E-state index in [-0.39, 0.29) is 34.0 Å². The van der Waals surface area contributed by atoms with Crippen LogP contribution in [0.15, 0.2) is 47.6 Å². The average Bonchev–Trinajstić information content (AvgIpc) is 2.96. The smallest absolute Gasteiger partial charge is 0.331 e. The standard InChI is InChI=1S/C16H14F3N5OS/c1-9(10-5-3-2-4-6-10)21-15(25)22-13-7-12-11(8-20-13)14(24-23-12)26-16(17,18)19/h2-9H,1H3,(H,23,24)(H2,20,21,22,25). The predicted octanol–water partition coefficient (Wildman–Crippen LogP) is 4.45. The SMILES string of the molecule is CC(NC(=O)Nc1cc2[nH]nc(SC(F)(F)F)c2cn1)c1ccccc1. The zero-order chi connectivity index (χ0) is 18.7. The van der Waals surface area contributed by atoms with Crippen molar-refractivity contribution in [2.24, 2.45) is 0 Å². The molecule has 1 atom stereocenters. The molecule has 0 aliphatic carbocycles. The number of halogens is 3. The molecule has 10 heteroatoms. The van der Waals surface area contributed by atoms with E-state index in [0.717, 1.165) is 5.56 Å². The molecular formula is C16H14F3N5OS. The molecule has 2 heterocycles. The molecule has 3 N–H and O–H groups in total. The van der Waals surface area contributed by atoms with Gasteiger partial charge in [-0.2, -0.15) is 18.3 Å². The number of hydrogen-bond donors (Lipinski definition) is 3. The van der Waals surface area contributed by atoms with Crippen molar-refractivity contribution in [3.8, 4) is 0 Å². The molecule has 26 heavy (non-hydrogen) atoms. The number of hydrogen-bond acceptors (Lipinski definition) is 4. The number of anilines is 1. The van der Waals surface area contributed by atoms with E-state index in [1.807, 2.05) is 37.3 Å². The number of H-pyrrole nitrogens is 1. The van der Waals surface area contributed by atoms with Crippen LogP contribution in [0.5, 0.6) is 0 Å². The number of aromatic amines is 1. The first-order chi connectivity index (χ1) is 12.3. The van der Waals surface area contributed by atoms with Crippen LogP contribution < -0.4 is 10.6 Å². The molecule has 1 unspecified atom stereocenters. The lowest BCUT2D eigenvalue weighted by Gasteiger charge is -2.14. The minimum Gasteiger partial charge on any atom is -0.331 e. The quantitative estimate of drug-likeness (QED) is 0.583. The molecule has 6 nitrogen and oxygen atoms in total. The van der Waals surface area contributed by atoms with Crippen LogP contribution in [0.1, 0.15) is 18.5 Å². The van der Waals surface area contributed by atoms with Gasteiger partial charge in [0, 0.05) is 24.0 Å². The molecule has 0 aliphatic heterocycles. The molecule has 2 amide bonds. The van der Waals surface area contributed by atoms with Gasteiger partial charge >= 0.3 is 11.5 Å². The third-order valence-corrected chi connectivity index (χ3v) is 4.25. The minimum atomic E-state index is -4.44. The number of nitrogens with one attached hydrogen (secondary N) is 3. The summed E-state index contributed by atoms with van der Waals surface area (Å²) in [5.74, 6) is 0.197. The third kappa shape index (κ3) is 4.45. The largest absolute Gasteiger partial charge is 0.447 e. The van der Waals surface area contributed by atoms with Gasteiger partial charge in [-0.3, -0.25) is 10.4 Å².